The summed E-state index contributed by atoms with van der Waals surface area (Å²) in [5, 5.41) is 12.7. The Hall–Kier alpha value is -4.91. The third-order valence-corrected chi connectivity index (χ3v) is 6.77. The van der Waals surface area contributed by atoms with Crippen LogP contribution in [-0.4, -0.2) is 79.8 Å². The minimum atomic E-state index is -0.0808. The molecule has 4 aromatic rings. The maximum Gasteiger partial charge on any atom is 0.233 e. The Morgan fingerprint density at radius 1 is 0.674 bits per heavy atom. The van der Waals surface area contributed by atoms with Gasteiger partial charge in [0.2, 0.25) is 23.8 Å². The highest BCUT2D eigenvalue weighted by Gasteiger charge is 2.09. The van der Waals surface area contributed by atoms with Gasteiger partial charge in [-0.3, -0.25) is 9.59 Å². The molecule has 1 heterocycles. The van der Waals surface area contributed by atoms with Crippen LogP contribution in [0, 0.1) is 0 Å². The number of carbonyl (C=O) groups excluding carboxylic acids is 2. The molecule has 12 nitrogen and oxygen atoms in total. The molecule has 1 amide bonds. The molecule has 6 N–H and O–H groups in total. The molecule has 46 heavy (non-hydrogen) atoms. The Balaban J connectivity index is 1.30. The first-order chi connectivity index (χ1) is 22.6. The van der Waals surface area contributed by atoms with Crippen LogP contribution < -0.4 is 27.0 Å². The van der Waals surface area contributed by atoms with Crippen molar-refractivity contribution in [3.8, 4) is 0 Å². The second-order valence-corrected chi connectivity index (χ2v) is 10.4. The van der Waals surface area contributed by atoms with E-state index in [-0.39, 0.29) is 12.3 Å². The van der Waals surface area contributed by atoms with Gasteiger partial charge in [-0.25, -0.2) is 0 Å². The van der Waals surface area contributed by atoms with E-state index < -0.39 is 0 Å². The molecule has 0 spiro atoms. The minimum absolute atomic E-state index is 0.0808. The van der Waals surface area contributed by atoms with Gasteiger partial charge in [0.1, 0.15) is 6.29 Å². The largest absolute Gasteiger partial charge is 0.378 e. The molecule has 0 saturated carbocycles. The summed E-state index contributed by atoms with van der Waals surface area (Å²) >= 11 is 0. The molecule has 0 aliphatic carbocycles. The van der Waals surface area contributed by atoms with Crippen molar-refractivity contribution >= 4 is 35.7 Å². The first-order valence-electron chi connectivity index (χ1n) is 15.4. The summed E-state index contributed by atoms with van der Waals surface area (Å²) in [6, 6.07) is 25.2. The standard InChI is InChI=1S/C34H42N8O4/c35-16-20-45-22-23-46-21-19-36-31(44)24-28-10-12-30(13-11-28)39-34-41-32(37-17-14-26-4-2-1-3-5-26)40-33(42-34)38-18-15-27-6-8-29(25-43)9-7-27/h1-13,25H,14-24,35H2,(H,36,44)(H3,37,38,39,40,41,42). The zero-order chi connectivity index (χ0) is 32.2. The lowest BCUT2D eigenvalue weighted by atomic mass is 10.1. The van der Waals surface area contributed by atoms with E-state index in [2.05, 4.69) is 48.4 Å². The Morgan fingerprint density at radius 2 is 1.26 bits per heavy atom. The molecule has 1 aromatic heterocycles. The Kier molecular flexibility index (Phi) is 14.4. The van der Waals surface area contributed by atoms with E-state index in [1.807, 2.05) is 54.6 Å². The SMILES string of the molecule is NCCOCCOCCNC(=O)Cc1ccc(Nc2nc(NCCc3ccccc3)nc(NCCc3ccc(C=O)cc3)n2)cc1. The fourth-order valence-corrected chi connectivity index (χ4v) is 4.39. The molecule has 0 fully saturated rings. The number of rotatable bonds is 21. The van der Waals surface area contributed by atoms with E-state index in [1.165, 1.54) is 5.56 Å². The molecule has 0 aliphatic heterocycles. The van der Waals surface area contributed by atoms with Gasteiger partial charge in [-0.05, 0) is 41.7 Å². The molecule has 3 aromatic carbocycles. The minimum Gasteiger partial charge on any atom is -0.378 e. The van der Waals surface area contributed by atoms with Crippen molar-refractivity contribution in [3.05, 3.63) is 101 Å². The van der Waals surface area contributed by atoms with Gasteiger partial charge in [-0.1, -0.05) is 66.7 Å². The second kappa shape index (κ2) is 19.5. The van der Waals surface area contributed by atoms with Crippen LogP contribution in [-0.2, 0) is 33.5 Å². The zero-order valence-corrected chi connectivity index (χ0v) is 25.9. The van der Waals surface area contributed by atoms with Crippen LogP contribution in [0.3, 0.4) is 0 Å². The maximum absolute atomic E-state index is 12.3. The Labute approximate surface area is 269 Å². The van der Waals surface area contributed by atoms with Crippen LogP contribution in [0.5, 0.6) is 0 Å². The average molecular weight is 627 g/mol. The molecule has 4 rings (SSSR count). The normalized spacial score (nSPS) is 10.7. The summed E-state index contributed by atoms with van der Waals surface area (Å²) in [6.45, 7) is 4.05. The van der Waals surface area contributed by atoms with Crippen molar-refractivity contribution in [3.63, 3.8) is 0 Å². The number of aromatic nitrogens is 3. The first-order valence-corrected chi connectivity index (χ1v) is 15.4. The third-order valence-electron chi connectivity index (χ3n) is 6.77. The maximum atomic E-state index is 12.3. The van der Waals surface area contributed by atoms with E-state index in [4.69, 9.17) is 15.2 Å². The average Bonchev–Trinajstić information content (AvgIpc) is 3.08. The molecule has 0 bridgehead atoms. The van der Waals surface area contributed by atoms with Crippen molar-refractivity contribution in [2.75, 3.05) is 68.6 Å². The van der Waals surface area contributed by atoms with Crippen molar-refractivity contribution in [1.82, 2.24) is 20.3 Å². The van der Waals surface area contributed by atoms with Gasteiger partial charge in [0.15, 0.2) is 0 Å². The summed E-state index contributed by atoms with van der Waals surface area (Å²) in [6.07, 6.45) is 2.64. The smallest absolute Gasteiger partial charge is 0.233 e. The van der Waals surface area contributed by atoms with E-state index >= 15 is 0 Å². The second-order valence-electron chi connectivity index (χ2n) is 10.4. The monoisotopic (exact) mass is 626 g/mol. The summed E-state index contributed by atoms with van der Waals surface area (Å²) in [7, 11) is 0. The molecular weight excluding hydrogens is 584 g/mol. The molecule has 0 radical (unpaired) electrons. The Bertz CT molecular complexity index is 1470. The number of hydrogen-bond donors (Lipinski definition) is 5. The van der Waals surface area contributed by atoms with Crippen molar-refractivity contribution in [2.24, 2.45) is 5.73 Å². The van der Waals surface area contributed by atoms with Crippen molar-refractivity contribution in [1.29, 1.82) is 0 Å². The molecule has 242 valence electrons. The van der Waals surface area contributed by atoms with Gasteiger partial charge < -0.3 is 36.5 Å². The topological polar surface area (TPSA) is 165 Å². The van der Waals surface area contributed by atoms with Crippen LogP contribution in [0.1, 0.15) is 27.0 Å². The van der Waals surface area contributed by atoms with Crippen LogP contribution in [0.2, 0.25) is 0 Å². The van der Waals surface area contributed by atoms with Gasteiger partial charge in [0.05, 0.1) is 32.8 Å². The van der Waals surface area contributed by atoms with E-state index in [0.29, 0.717) is 76.0 Å². The van der Waals surface area contributed by atoms with E-state index in [0.717, 1.165) is 35.9 Å². The van der Waals surface area contributed by atoms with Crippen LogP contribution >= 0.6 is 0 Å². The third kappa shape index (κ3) is 12.6. The first kappa shape index (κ1) is 34.0. The fraction of sp³-hybridized carbons (Fsp3) is 0.324. The zero-order valence-electron chi connectivity index (χ0n) is 25.9. The van der Waals surface area contributed by atoms with Crippen molar-refractivity contribution < 1.29 is 19.1 Å². The van der Waals surface area contributed by atoms with Crippen LogP contribution in [0.25, 0.3) is 0 Å². The number of benzene rings is 3. The number of anilines is 4. The molecule has 0 aliphatic rings. The van der Waals surface area contributed by atoms with Crippen molar-refractivity contribution in [2.45, 2.75) is 19.3 Å². The Morgan fingerprint density at radius 3 is 1.89 bits per heavy atom. The van der Waals surface area contributed by atoms with Gasteiger partial charge in [-0.2, -0.15) is 15.0 Å². The molecule has 0 atom stereocenters. The molecular formula is C34H42N8O4. The summed E-state index contributed by atoms with van der Waals surface area (Å²) in [5.41, 5.74) is 9.98. The lowest BCUT2D eigenvalue weighted by Gasteiger charge is -2.12. The highest BCUT2D eigenvalue weighted by atomic mass is 16.5. The number of hydrogen-bond acceptors (Lipinski definition) is 11. The van der Waals surface area contributed by atoms with Gasteiger partial charge in [0, 0.05) is 37.4 Å². The lowest BCUT2D eigenvalue weighted by molar-refractivity contribution is -0.120. The number of aldehydes is 1. The van der Waals surface area contributed by atoms with E-state index in [1.54, 1.807) is 12.1 Å². The van der Waals surface area contributed by atoms with Gasteiger partial charge in [-0.15, -0.1) is 0 Å². The molecule has 0 unspecified atom stereocenters. The lowest BCUT2D eigenvalue weighted by Crippen LogP contribution is -2.29. The van der Waals surface area contributed by atoms with Crippen LogP contribution in [0.4, 0.5) is 23.5 Å². The number of nitrogens with two attached hydrogens (primary N) is 1. The fourth-order valence-electron chi connectivity index (χ4n) is 4.39. The van der Waals surface area contributed by atoms with Crippen LogP contribution in [0.15, 0.2) is 78.9 Å². The number of ether oxygens (including phenoxy) is 2. The van der Waals surface area contributed by atoms with Gasteiger partial charge >= 0.3 is 0 Å². The predicted octanol–water partition coefficient (Wildman–Crippen LogP) is 3.39. The highest BCUT2D eigenvalue weighted by molar-refractivity contribution is 5.78. The number of amides is 1. The summed E-state index contributed by atoms with van der Waals surface area (Å²) in [5.74, 6) is 1.19. The number of carbonyl (C=O) groups is 2. The summed E-state index contributed by atoms with van der Waals surface area (Å²) in [4.78, 5) is 37.0. The quantitative estimate of drug-likeness (QED) is 0.0680. The van der Waals surface area contributed by atoms with Gasteiger partial charge in [0.25, 0.3) is 0 Å². The number of nitrogens with one attached hydrogen (secondary N) is 4. The number of nitrogens with zero attached hydrogens (tertiary/aromatic N) is 3. The molecule has 12 heteroatoms. The predicted molar refractivity (Wildman–Crippen MR) is 180 cm³/mol. The molecule has 0 saturated heterocycles. The van der Waals surface area contributed by atoms with E-state index in [9.17, 15) is 9.59 Å². The summed E-state index contributed by atoms with van der Waals surface area (Å²) < 4.78 is 10.7. The highest BCUT2D eigenvalue weighted by Crippen LogP contribution is 2.17.